The maximum absolute atomic E-state index is 13.3. The second-order valence-corrected chi connectivity index (χ2v) is 23.2. The van der Waals surface area contributed by atoms with Crippen molar-refractivity contribution in [3.8, 4) is 0 Å². The van der Waals surface area contributed by atoms with Gasteiger partial charge in [-0.25, -0.2) is 0 Å². The number of ether oxygens (including phenoxy) is 12. The molecule has 0 aromatic rings. The summed E-state index contributed by atoms with van der Waals surface area (Å²) < 4.78 is 75.5. The average Bonchev–Trinajstić information content (AvgIpc) is 3.73. The standard InChI is InChI=1S/C53H78O20/c1-23-17-41(64-27(5)55)53(62-22-23)25(3)42-39(73-53)21-36-34-20-38(37-19-33(61)13-15-51(37,11)35(34)14-16-52(36,42)12)70-49-47(68-31(9)59)45(43(26(4)63-49)65-28(6)56)72-50-48(69-32(10)60)46(67-30(8)58)44(66-29(7)57)40(71-50)18-24(2)54/h23,25-26,33-50,61H,13-22H2,1-12H3/t23-,25+,26-,33+,34-,35+,36+,37-,38+,39+,40+,41+,42+,43-,44+,45+,46-,47-,48-,49+,50+,51-,52+,53-/m1/s1. The van der Waals surface area contributed by atoms with Crippen molar-refractivity contribution >= 4 is 41.6 Å². The van der Waals surface area contributed by atoms with Gasteiger partial charge < -0.3 is 61.9 Å². The molecule has 0 aromatic heterocycles. The Morgan fingerprint density at radius 2 is 1.14 bits per heavy atom. The summed E-state index contributed by atoms with van der Waals surface area (Å²) in [6, 6.07) is 0. The Kier molecular flexibility index (Phi) is 16.2. The van der Waals surface area contributed by atoms with Crippen molar-refractivity contribution in [1.82, 2.24) is 0 Å². The smallest absolute Gasteiger partial charge is 0.303 e. The zero-order valence-electron chi connectivity index (χ0n) is 44.4. The lowest BCUT2D eigenvalue weighted by molar-refractivity contribution is -0.365. The van der Waals surface area contributed by atoms with Gasteiger partial charge in [0.25, 0.3) is 0 Å². The fourth-order valence-corrected chi connectivity index (χ4v) is 15.5. The summed E-state index contributed by atoms with van der Waals surface area (Å²) >= 11 is 0. The zero-order chi connectivity index (χ0) is 53.2. The van der Waals surface area contributed by atoms with Crippen LogP contribution >= 0.6 is 0 Å². The molecule has 4 aliphatic heterocycles. The lowest BCUT2D eigenvalue weighted by atomic mass is 9.43. The van der Waals surface area contributed by atoms with Crippen LogP contribution in [0.15, 0.2) is 0 Å². The molecule has 8 fully saturated rings. The summed E-state index contributed by atoms with van der Waals surface area (Å²) in [4.78, 5) is 89.2. The van der Waals surface area contributed by atoms with Crippen LogP contribution in [0.2, 0.25) is 0 Å². The molecule has 8 rings (SSSR count). The molecule has 0 amide bonds. The molecule has 0 radical (unpaired) electrons. The first-order valence-electron chi connectivity index (χ1n) is 26.4. The second-order valence-electron chi connectivity index (χ2n) is 23.2. The van der Waals surface area contributed by atoms with Crippen LogP contribution in [-0.4, -0.2) is 145 Å². The summed E-state index contributed by atoms with van der Waals surface area (Å²) in [6.45, 7) is 19.5. The molecule has 20 nitrogen and oxygen atoms in total. The number of aliphatic hydroxyl groups is 1. The van der Waals surface area contributed by atoms with Crippen molar-refractivity contribution in [3.05, 3.63) is 0 Å². The van der Waals surface area contributed by atoms with Crippen LogP contribution in [0.1, 0.15) is 141 Å². The van der Waals surface area contributed by atoms with E-state index in [4.69, 9.17) is 56.8 Å². The minimum Gasteiger partial charge on any atom is -0.457 e. The average molecular weight is 1040 g/mol. The highest BCUT2D eigenvalue weighted by atomic mass is 16.8. The molecule has 24 atom stereocenters. The van der Waals surface area contributed by atoms with Gasteiger partial charge in [0, 0.05) is 53.9 Å². The van der Waals surface area contributed by atoms with E-state index in [1.165, 1.54) is 27.7 Å². The quantitative estimate of drug-likeness (QED) is 0.156. The third-order valence-corrected chi connectivity index (χ3v) is 18.1. The number of rotatable bonds is 12. The van der Waals surface area contributed by atoms with Gasteiger partial charge in [-0.05, 0) is 112 Å². The fourth-order valence-electron chi connectivity index (χ4n) is 15.5. The highest BCUT2D eigenvalue weighted by Gasteiger charge is 2.72. The third kappa shape index (κ3) is 10.7. The number of esters is 6. The first-order chi connectivity index (χ1) is 34.3. The number of Topliss-reactive ketones (excluding diaryl/α,β-unsaturated/α-hetero) is 1. The fraction of sp³-hybridized carbons (Fsp3) is 0.868. The van der Waals surface area contributed by atoms with Crippen molar-refractivity contribution in [2.75, 3.05) is 6.61 Å². The summed E-state index contributed by atoms with van der Waals surface area (Å²) in [5.74, 6) is -5.09. The maximum Gasteiger partial charge on any atom is 0.303 e. The van der Waals surface area contributed by atoms with Crippen LogP contribution in [0.5, 0.6) is 0 Å². The maximum atomic E-state index is 13.3. The summed E-state index contributed by atoms with van der Waals surface area (Å²) in [6.07, 6.45) is -10.7. The molecule has 8 aliphatic rings. The van der Waals surface area contributed by atoms with Crippen molar-refractivity contribution in [3.63, 3.8) is 0 Å². The van der Waals surface area contributed by atoms with E-state index in [0.29, 0.717) is 32.3 Å². The van der Waals surface area contributed by atoms with Crippen LogP contribution in [0, 0.1) is 52.3 Å². The number of carbonyl (C=O) groups excluding carboxylic acids is 7. The Hall–Kier alpha value is -3.79. The van der Waals surface area contributed by atoms with E-state index in [0.717, 1.165) is 46.5 Å². The Balaban J connectivity index is 1.13. The molecule has 20 heteroatoms. The Morgan fingerprint density at radius 1 is 0.575 bits per heavy atom. The van der Waals surface area contributed by atoms with Crippen LogP contribution in [0.3, 0.4) is 0 Å². The zero-order valence-corrected chi connectivity index (χ0v) is 44.4. The lowest BCUT2D eigenvalue weighted by Crippen LogP contribution is -2.67. The van der Waals surface area contributed by atoms with Crippen molar-refractivity contribution < 1.29 is 95.5 Å². The Bertz CT molecular complexity index is 2120. The predicted octanol–water partition coefficient (Wildman–Crippen LogP) is 4.82. The molecule has 4 saturated carbocycles. The Morgan fingerprint density at radius 3 is 1.75 bits per heavy atom. The topological polar surface area (TPSA) is 250 Å². The van der Waals surface area contributed by atoms with E-state index in [-0.39, 0.29) is 70.7 Å². The first kappa shape index (κ1) is 55.4. The molecule has 1 spiro atoms. The van der Waals surface area contributed by atoms with Gasteiger partial charge in [0.15, 0.2) is 49.2 Å². The van der Waals surface area contributed by atoms with Gasteiger partial charge in [-0.3, -0.25) is 33.6 Å². The Labute approximate surface area is 427 Å². The number of hydrogen-bond donors (Lipinski definition) is 1. The predicted molar refractivity (Wildman–Crippen MR) is 250 cm³/mol. The van der Waals surface area contributed by atoms with E-state index in [1.807, 2.05) is 0 Å². The SMILES string of the molecule is CC(=O)C[C@@H]1O[C@@H](O[C@@H]2[C@@H](OC(C)=O)[C@H](O[C@H]3C[C@@H]4[C@H](CC[C@]5(C)[C@@H]6[C@H](C[C@@H]45)O[C@]4(OC[C@H](C)C[C@@H]4OC(C)=O)[C@H]6C)[C@@]4(C)CC[C@H](O)C[C@H]34)O[C@H](C)[C@H]2OC(C)=O)[C@H](OC(C)=O)[C@H](OC(C)=O)[C@H]1OC(C)=O. The molecule has 4 saturated heterocycles. The number of fused-ring (bicyclic) bond motifs is 7. The van der Waals surface area contributed by atoms with E-state index in [1.54, 1.807) is 6.92 Å². The van der Waals surface area contributed by atoms with E-state index in [2.05, 4.69) is 27.7 Å². The van der Waals surface area contributed by atoms with E-state index in [9.17, 15) is 38.7 Å². The summed E-state index contributed by atoms with van der Waals surface area (Å²) in [5.41, 5.74) is -0.452. The molecule has 73 heavy (non-hydrogen) atoms. The summed E-state index contributed by atoms with van der Waals surface area (Å²) in [7, 11) is 0. The second kappa shape index (κ2) is 21.3. The van der Waals surface area contributed by atoms with Crippen molar-refractivity contribution in [2.45, 2.75) is 232 Å². The minimum absolute atomic E-state index is 0.0726. The number of hydrogen-bond acceptors (Lipinski definition) is 20. The molecule has 1 N–H and O–H groups in total. The summed E-state index contributed by atoms with van der Waals surface area (Å²) in [5, 5.41) is 11.4. The van der Waals surface area contributed by atoms with Crippen LogP contribution in [0.4, 0.5) is 0 Å². The van der Waals surface area contributed by atoms with Gasteiger partial charge in [0.1, 0.15) is 18.0 Å². The first-order valence-corrected chi connectivity index (χ1v) is 26.4. The van der Waals surface area contributed by atoms with Crippen LogP contribution in [0.25, 0.3) is 0 Å². The monoisotopic (exact) mass is 1030 g/mol. The van der Waals surface area contributed by atoms with Gasteiger partial charge in [0.2, 0.25) is 5.79 Å². The molecule has 0 aromatic carbocycles. The highest BCUT2D eigenvalue weighted by molar-refractivity contribution is 5.76. The lowest BCUT2D eigenvalue weighted by Gasteiger charge is -2.63. The number of ketones is 1. The molecule has 0 unspecified atom stereocenters. The van der Waals surface area contributed by atoms with Crippen molar-refractivity contribution in [1.29, 1.82) is 0 Å². The molecular formula is C53H78O20. The van der Waals surface area contributed by atoms with Crippen LogP contribution < -0.4 is 0 Å². The molecule has 4 heterocycles. The van der Waals surface area contributed by atoms with Crippen LogP contribution in [-0.2, 0) is 90.4 Å². The third-order valence-electron chi connectivity index (χ3n) is 18.1. The van der Waals surface area contributed by atoms with E-state index < -0.39 is 121 Å². The highest BCUT2D eigenvalue weighted by Crippen LogP contribution is 2.72. The van der Waals surface area contributed by atoms with Crippen molar-refractivity contribution in [2.24, 2.45) is 52.3 Å². The number of aliphatic hydroxyl groups excluding tert-OH is 1. The minimum atomic E-state index is -1.72. The number of carbonyl (C=O) groups is 7. The molecular weight excluding hydrogens is 957 g/mol. The molecule has 4 aliphatic carbocycles. The van der Waals surface area contributed by atoms with E-state index >= 15 is 0 Å². The van der Waals surface area contributed by atoms with Gasteiger partial charge in [-0.15, -0.1) is 0 Å². The molecule has 0 bridgehead atoms. The normalized spacial score (nSPS) is 46.8. The largest absolute Gasteiger partial charge is 0.457 e. The van der Waals surface area contributed by atoms with Gasteiger partial charge in [0.05, 0.1) is 31.0 Å². The molecule has 410 valence electrons. The van der Waals surface area contributed by atoms with Gasteiger partial charge in [-0.2, -0.15) is 0 Å². The van der Waals surface area contributed by atoms with Gasteiger partial charge in [-0.1, -0.05) is 27.7 Å². The van der Waals surface area contributed by atoms with Gasteiger partial charge >= 0.3 is 35.8 Å².